The minimum Gasteiger partial charge on any atom is -0.507 e. The van der Waals surface area contributed by atoms with Crippen LogP contribution in [0.5, 0.6) is 5.75 Å². The fourth-order valence-electron chi connectivity index (χ4n) is 2.67. The van der Waals surface area contributed by atoms with Crippen molar-refractivity contribution in [3.05, 3.63) is 69.7 Å². The third kappa shape index (κ3) is 3.57. The van der Waals surface area contributed by atoms with Crippen LogP contribution in [0.2, 0.25) is 0 Å². The fraction of sp³-hybridized carbons (Fsp3) is 0.158. The van der Waals surface area contributed by atoms with E-state index in [4.69, 9.17) is 4.74 Å². The lowest BCUT2D eigenvalue weighted by molar-refractivity contribution is -0.385. The molecule has 1 heterocycles. The van der Waals surface area contributed by atoms with E-state index in [1.54, 1.807) is 19.9 Å². The number of benzene rings is 2. The molecule has 8 heteroatoms. The van der Waals surface area contributed by atoms with Gasteiger partial charge in [-0.1, -0.05) is 12.1 Å². The Labute approximate surface area is 154 Å². The monoisotopic (exact) mass is 364 g/mol. The maximum Gasteiger partial charge on any atom is 0.272 e. The molecule has 0 fully saturated rings. The van der Waals surface area contributed by atoms with E-state index in [1.165, 1.54) is 18.2 Å². The van der Waals surface area contributed by atoms with Gasteiger partial charge in [0.15, 0.2) is 17.7 Å². The number of nitro benzene ring substituents is 1. The SMILES string of the molecule is Cc1cc(O[C@H](C)/C(O)=C(\C#N)c2nc3ccccc3[nH]2)ccc1[N+](=O)[O-]. The molecule has 2 aromatic carbocycles. The van der Waals surface area contributed by atoms with Gasteiger partial charge in [0, 0.05) is 11.6 Å². The summed E-state index contributed by atoms with van der Waals surface area (Å²) in [6.07, 6.45) is -0.853. The number of aromatic amines is 1. The molecule has 1 atom stereocenters. The molecular weight excluding hydrogens is 348 g/mol. The highest BCUT2D eigenvalue weighted by Gasteiger charge is 2.20. The van der Waals surface area contributed by atoms with E-state index in [9.17, 15) is 20.5 Å². The molecule has 0 radical (unpaired) electrons. The van der Waals surface area contributed by atoms with Crippen LogP contribution >= 0.6 is 0 Å². The first-order chi connectivity index (χ1) is 12.9. The molecule has 8 nitrogen and oxygen atoms in total. The van der Waals surface area contributed by atoms with Crippen LogP contribution in [-0.2, 0) is 0 Å². The van der Waals surface area contributed by atoms with Gasteiger partial charge < -0.3 is 14.8 Å². The summed E-state index contributed by atoms with van der Waals surface area (Å²) in [7, 11) is 0. The normalized spacial score (nSPS) is 12.9. The second kappa shape index (κ2) is 7.17. The lowest BCUT2D eigenvalue weighted by Crippen LogP contribution is -2.16. The summed E-state index contributed by atoms with van der Waals surface area (Å²) in [6, 6.07) is 13.5. The summed E-state index contributed by atoms with van der Waals surface area (Å²) >= 11 is 0. The molecule has 0 saturated carbocycles. The maximum atomic E-state index is 10.9. The van der Waals surface area contributed by atoms with Crippen LogP contribution < -0.4 is 4.74 Å². The highest BCUT2D eigenvalue weighted by Crippen LogP contribution is 2.26. The molecule has 0 spiro atoms. The zero-order valence-electron chi connectivity index (χ0n) is 14.6. The van der Waals surface area contributed by atoms with Crippen LogP contribution in [-0.4, -0.2) is 26.1 Å². The van der Waals surface area contributed by atoms with E-state index in [0.29, 0.717) is 16.8 Å². The number of fused-ring (bicyclic) bond motifs is 1. The van der Waals surface area contributed by atoms with Crippen molar-refractivity contribution in [2.24, 2.45) is 0 Å². The Balaban J connectivity index is 1.90. The van der Waals surface area contributed by atoms with Crippen LogP contribution in [0.1, 0.15) is 18.3 Å². The van der Waals surface area contributed by atoms with Gasteiger partial charge in [-0.2, -0.15) is 5.26 Å². The summed E-state index contributed by atoms with van der Waals surface area (Å²) in [5, 5.41) is 30.9. The van der Waals surface area contributed by atoms with Crippen LogP contribution in [0.25, 0.3) is 16.6 Å². The van der Waals surface area contributed by atoms with Gasteiger partial charge in [0.2, 0.25) is 0 Å². The maximum absolute atomic E-state index is 10.9. The van der Waals surface area contributed by atoms with E-state index in [2.05, 4.69) is 9.97 Å². The molecule has 3 aromatic rings. The number of H-pyrrole nitrogens is 1. The zero-order valence-corrected chi connectivity index (χ0v) is 14.6. The topological polar surface area (TPSA) is 125 Å². The summed E-state index contributed by atoms with van der Waals surface area (Å²) in [6.45, 7) is 3.17. The molecule has 0 saturated heterocycles. The lowest BCUT2D eigenvalue weighted by atomic mass is 10.1. The van der Waals surface area contributed by atoms with Crippen LogP contribution in [0, 0.1) is 28.4 Å². The van der Waals surface area contributed by atoms with Gasteiger partial charge in [-0.3, -0.25) is 10.1 Å². The summed E-state index contributed by atoms with van der Waals surface area (Å²) < 4.78 is 5.65. The second-order valence-electron chi connectivity index (χ2n) is 5.94. The van der Waals surface area contributed by atoms with Crippen molar-refractivity contribution < 1.29 is 14.8 Å². The zero-order chi connectivity index (χ0) is 19.6. The molecule has 0 bridgehead atoms. The number of nitrogens with one attached hydrogen (secondary N) is 1. The quantitative estimate of drug-likeness (QED) is 0.305. The Hall–Kier alpha value is -3.86. The highest BCUT2D eigenvalue weighted by atomic mass is 16.6. The van der Waals surface area contributed by atoms with Crippen LogP contribution in [0.4, 0.5) is 5.69 Å². The largest absolute Gasteiger partial charge is 0.507 e. The number of nitriles is 1. The first-order valence-corrected chi connectivity index (χ1v) is 8.10. The molecule has 0 aliphatic heterocycles. The summed E-state index contributed by atoms with van der Waals surface area (Å²) in [4.78, 5) is 17.7. The van der Waals surface area contributed by atoms with Crippen molar-refractivity contribution in [2.75, 3.05) is 0 Å². The standard InChI is InChI=1S/C19H16N4O4/c1-11-9-13(7-8-17(11)23(25)26)27-12(2)18(24)14(10-20)19-21-15-5-3-4-6-16(15)22-19/h3-9,12,24H,1-2H3,(H,21,22)/b18-14-/t12-/m1/s1. The van der Waals surface area contributed by atoms with Gasteiger partial charge in [-0.05, 0) is 38.1 Å². The van der Waals surface area contributed by atoms with Crippen LogP contribution in [0.15, 0.2) is 48.2 Å². The molecule has 0 unspecified atom stereocenters. The van der Waals surface area contributed by atoms with E-state index < -0.39 is 11.0 Å². The Kier molecular flexibility index (Phi) is 4.77. The average molecular weight is 364 g/mol. The predicted octanol–water partition coefficient (Wildman–Crippen LogP) is 4.04. The van der Waals surface area contributed by atoms with Crippen molar-refractivity contribution in [1.29, 1.82) is 5.26 Å². The van der Waals surface area contributed by atoms with Gasteiger partial charge in [-0.15, -0.1) is 0 Å². The number of hydrogen-bond acceptors (Lipinski definition) is 6. The van der Waals surface area contributed by atoms with Crippen LogP contribution in [0.3, 0.4) is 0 Å². The Morgan fingerprint density at radius 3 is 2.74 bits per heavy atom. The smallest absolute Gasteiger partial charge is 0.272 e. The van der Waals surface area contributed by atoms with E-state index >= 15 is 0 Å². The summed E-state index contributed by atoms with van der Waals surface area (Å²) in [5.74, 6) is 0.304. The van der Waals surface area contributed by atoms with Crippen molar-refractivity contribution >= 4 is 22.3 Å². The molecule has 0 aliphatic rings. The minimum absolute atomic E-state index is 0.0187. The van der Waals surface area contributed by atoms with Crippen molar-refractivity contribution in [2.45, 2.75) is 20.0 Å². The number of allylic oxidation sites excluding steroid dienone is 1. The Morgan fingerprint density at radius 1 is 1.37 bits per heavy atom. The number of rotatable bonds is 5. The third-order valence-corrected chi connectivity index (χ3v) is 4.06. The minimum atomic E-state index is -0.853. The number of para-hydroxylation sites is 2. The highest BCUT2D eigenvalue weighted by molar-refractivity contribution is 5.82. The number of aromatic nitrogens is 2. The lowest BCUT2D eigenvalue weighted by Gasteiger charge is -2.15. The molecule has 3 rings (SSSR count). The van der Waals surface area contributed by atoms with E-state index in [-0.39, 0.29) is 22.8 Å². The molecular formula is C19H16N4O4. The molecule has 0 aliphatic carbocycles. The van der Waals surface area contributed by atoms with E-state index in [1.807, 2.05) is 24.3 Å². The van der Waals surface area contributed by atoms with Crippen molar-refractivity contribution in [3.63, 3.8) is 0 Å². The number of nitro groups is 1. The number of nitrogens with zero attached hydrogens (tertiary/aromatic N) is 3. The number of hydrogen-bond donors (Lipinski definition) is 2. The third-order valence-electron chi connectivity index (χ3n) is 4.06. The molecule has 2 N–H and O–H groups in total. The first kappa shape index (κ1) is 17.9. The first-order valence-electron chi connectivity index (χ1n) is 8.10. The van der Waals surface area contributed by atoms with Crippen molar-refractivity contribution in [1.82, 2.24) is 9.97 Å². The number of imidazole rings is 1. The number of aliphatic hydroxyl groups excluding tert-OH is 1. The Bertz CT molecular complexity index is 1060. The van der Waals surface area contributed by atoms with Crippen molar-refractivity contribution in [3.8, 4) is 11.8 Å². The molecule has 1 aromatic heterocycles. The fourth-order valence-corrected chi connectivity index (χ4v) is 2.67. The van der Waals surface area contributed by atoms with Gasteiger partial charge in [0.05, 0.1) is 16.0 Å². The van der Waals surface area contributed by atoms with Gasteiger partial charge in [-0.25, -0.2) is 4.98 Å². The van der Waals surface area contributed by atoms with Gasteiger partial charge in [0.25, 0.3) is 5.69 Å². The van der Waals surface area contributed by atoms with E-state index in [0.717, 1.165) is 5.52 Å². The average Bonchev–Trinajstić information content (AvgIpc) is 3.05. The van der Waals surface area contributed by atoms with Gasteiger partial charge in [0.1, 0.15) is 17.4 Å². The molecule has 27 heavy (non-hydrogen) atoms. The summed E-state index contributed by atoms with van der Waals surface area (Å²) in [5.41, 5.74) is 1.80. The molecule has 0 amide bonds. The molecule has 136 valence electrons. The number of aryl methyl sites for hydroxylation is 1. The second-order valence-corrected chi connectivity index (χ2v) is 5.94. The van der Waals surface area contributed by atoms with Gasteiger partial charge >= 0.3 is 0 Å². The number of ether oxygens (including phenoxy) is 1. The Morgan fingerprint density at radius 2 is 2.11 bits per heavy atom. The predicted molar refractivity (Wildman–Crippen MR) is 99.2 cm³/mol. The number of aliphatic hydroxyl groups is 1.